The first kappa shape index (κ1) is 13.0. The molecule has 0 saturated heterocycles. The predicted molar refractivity (Wildman–Crippen MR) is 83.1 cm³/mol. The van der Waals surface area contributed by atoms with Gasteiger partial charge in [0.15, 0.2) is 0 Å². The molecule has 2 aromatic carbocycles. The van der Waals surface area contributed by atoms with Crippen LogP contribution in [0.15, 0.2) is 48.5 Å². The lowest BCUT2D eigenvalue weighted by molar-refractivity contribution is 0.181. The molecule has 0 radical (unpaired) electrons. The summed E-state index contributed by atoms with van der Waals surface area (Å²) in [5, 5.41) is 2.39. The fourth-order valence-corrected chi connectivity index (χ4v) is 2.45. The molecule has 0 spiro atoms. The normalized spacial score (nSPS) is 10.8. The Bertz CT molecular complexity index is 811. The number of hydrogen-bond acceptors (Lipinski definition) is 3. The van der Waals surface area contributed by atoms with Crippen molar-refractivity contribution in [1.82, 2.24) is 9.97 Å². The second kappa shape index (κ2) is 5.53. The molecule has 0 fully saturated rings. The Morgan fingerprint density at radius 2 is 1.90 bits per heavy atom. The molecule has 3 nitrogen and oxygen atoms in total. The number of nitrogens with zero attached hydrogens (tertiary/aromatic N) is 1. The van der Waals surface area contributed by atoms with Gasteiger partial charge >= 0.3 is 0 Å². The molecule has 0 saturated carbocycles. The van der Waals surface area contributed by atoms with Crippen molar-refractivity contribution in [2.45, 2.75) is 6.61 Å². The quantitative estimate of drug-likeness (QED) is 0.735. The number of ether oxygens (including phenoxy) is 1. The minimum atomic E-state index is 0.493. The zero-order valence-electron chi connectivity index (χ0n) is 11.1. The number of fused-ring (bicyclic) bond motifs is 1. The van der Waals surface area contributed by atoms with Crippen molar-refractivity contribution in [3.63, 3.8) is 0 Å². The lowest BCUT2D eigenvalue weighted by atomic mass is 10.1. The Kier molecular flexibility index (Phi) is 3.58. The first-order valence-electron chi connectivity index (χ1n) is 6.34. The zero-order chi connectivity index (χ0) is 13.9. The van der Waals surface area contributed by atoms with Gasteiger partial charge in [0.1, 0.15) is 10.5 Å². The zero-order valence-corrected chi connectivity index (χ0v) is 11.9. The fourth-order valence-electron chi connectivity index (χ4n) is 2.21. The molecular weight excluding hydrogens is 268 g/mol. The summed E-state index contributed by atoms with van der Waals surface area (Å²) in [7, 11) is 1.66. The third-order valence-corrected chi connectivity index (χ3v) is 3.33. The van der Waals surface area contributed by atoms with Gasteiger partial charge in [0, 0.05) is 18.4 Å². The molecule has 0 atom stereocenters. The van der Waals surface area contributed by atoms with Gasteiger partial charge in [-0.05, 0) is 22.9 Å². The number of H-pyrrole nitrogens is 1. The summed E-state index contributed by atoms with van der Waals surface area (Å²) < 4.78 is 5.71. The van der Waals surface area contributed by atoms with Gasteiger partial charge in [0.05, 0.1) is 6.61 Å². The van der Waals surface area contributed by atoms with Crippen LogP contribution in [0.3, 0.4) is 0 Å². The van der Waals surface area contributed by atoms with E-state index in [-0.39, 0.29) is 0 Å². The van der Waals surface area contributed by atoms with Crippen LogP contribution in [0.1, 0.15) is 5.69 Å². The topological polar surface area (TPSA) is 37.9 Å². The van der Waals surface area contributed by atoms with E-state index in [9.17, 15) is 0 Å². The van der Waals surface area contributed by atoms with E-state index in [0.29, 0.717) is 11.2 Å². The largest absolute Gasteiger partial charge is 0.378 e. The maximum Gasteiger partial charge on any atom is 0.139 e. The molecular formula is C16H14N2OS. The summed E-state index contributed by atoms with van der Waals surface area (Å²) in [6.45, 7) is 0.493. The molecule has 4 heteroatoms. The summed E-state index contributed by atoms with van der Waals surface area (Å²) >= 11 is 5.21. The smallest absolute Gasteiger partial charge is 0.139 e. The van der Waals surface area contributed by atoms with Gasteiger partial charge in [0.2, 0.25) is 0 Å². The van der Waals surface area contributed by atoms with Gasteiger partial charge in [-0.1, -0.05) is 48.6 Å². The van der Waals surface area contributed by atoms with Crippen molar-refractivity contribution < 1.29 is 4.74 Å². The molecule has 0 aliphatic heterocycles. The van der Waals surface area contributed by atoms with E-state index in [2.05, 4.69) is 34.2 Å². The van der Waals surface area contributed by atoms with Crippen molar-refractivity contribution in [3.8, 4) is 11.4 Å². The molecule has 1 N–H and O–H groups in total. The molecule has 0 amide bonds. The fraction of sp³-hybridized carbons (Fsp3) is 0.125. The van der Waals surface area contributed by atoms with Crippen LogP contribution in [-0.2, 0) is 11.3 Å². The highest BCUT2D eigenvalue weighted by Crippen LogP contribution is 2.22. The number of benzene rings is 2. The SMILES string of the molecule is COCc1cc(=S)nc(-c2ccc3ccccc3c2)[nH]1. The Morgan fingerprint density at radius 3 is 2.70 bits per heavy atom. The Balaban J connectivity index is 2.12. The molecule has 0 bridgehead atoms. The number of hydrogen-bond donors (Lipinski definition) is 1. The van der Waals surface area contributed by atoms with Crippen molar-refractivity contribution >= 4 is 23.0 Å². The Hall–Kier alpha value is -2.04. The summed E-state index contributed by atoms with van der Waals surface area (Å²) in [6, 6.07) is 16.3. The first-order valence-corrected chi connectivity index (χ1v) is 6.75. The predicted octanol–water partition coefficient (Wildman–Crippen LogP) is 4.11. The number of rotatable bonds is 3. The molecule has 3 rings (SSSR count). The summed E-state index contributed by atoms with van der Waals surface area (Å²) in [6.07, 6.45) is 0. The van der Waals surface area contributed by atoms with Crippen LogP contribution < -0.4 is 0 Å². The van der Waals surface area contributed by atoms with Crippen molar-refractivity contribution in [2.24, 2.45) is 0 Å². The maximum atomic E-state index is 5.21. The number of aromatic nitrogens is 2. The molecule has 20 heavy (non-hydrogen) atoms. The van der Waals surface area contributed by atoms with Gasteiger partial charge in [-0.2, -0.15) is 0 Å². The standard InChI is InChI=1S/C16H14N2OS/c1-19-10-14-9-15(20)18-16(17-14)13-7-6-11-4-2-3-5-12(11)8-13/h2-9H,10H2,1H3,(H,17,18,20). The molecule has 3 aromatic rings. The van der Waals surface area contributed by atoms with Crippen LogP contribution in [0, 0.1) is 4.64 Å². The van der Waals surface area contributed by atoms with E-state index >= 15 is 0 Å². The van der Waals surface area contributed by atoms with Gasteiger partial charge in [0.25, 0.3) is 0 Å². The third-order valence-electron chi connectivity index (χ3n) is 3.12. The van der Waals surface area contributed by atoms with Gasteiger partial charge in [-0.25, -0.2) is 4.98 Å². The molecule has 0 aliphatic carbocycles. The highest BCUT2D eigenvalue weighted by atomic mass is 32.1. The molecule has 0 unspecified atom stereocenters. The summed E-state index contributed by atoms with van der Waals surface area (Å²) in [5.41, 5.74) is 1.95. The van der Waals surface area contributed by atoms with Gasteiger partial charge < -0.3 is 9.72 Å². The monoisotopic (exact) mass is 282 g/mol. The van der Waals surface area contributed by atoms with E-state index in [1.165, 1.54) is 10.8 Å². The van der Waals surface area contributed by atoms with Crippen LogP contribution >= 0.6 is 12.2 Å². The van der Waals surface area contributed by atoms with Crippen LogP contribution in [0.2, 0.25) is 0 Å². The Morgan fingerprint density at radius 1 is 1.10 bits per heavy atom. The van der Waals surface area contributed by atoms with E-state index in [1.54, 1.807) is 7.11 Å². The lowest BCUT2D eigenvalue weighted by Gasteiger charge is -2.06. The van der Waals surface area contributed by atoms with Crippen molar-refractivity contribution in [2.75, 3.05) is 7.11 Å². The van der Waals surface area contributed by atoms with Crippen LogP contribution in [0.4, 0.5) is 0 Å². The Labute approximate surface area is 122 Å². The van der Waals surface area contributed by atoms with Crippen LogP contribution in [0.25, 0.3) is 22.2 Å². The number of aromatic amines is 1. The summed E-state index contributed by atoms with van der Waals surface area (Å²) in [5.74, 6) is 0.773. The molecule has 1 heterocycles. The van der Waals surface area contributed by atoms with E-state index in [1.807, 2.05) is 24.3 Å². The second-order valence-electron chi connectivity index (χ2n) is 4.59. The average Bonchev–Trinajstić information content (AvgIpc) is 2.46. The number of nitrogens with one attached hydrogen (secondary N) is 1. The van der Waals surface area contributed by atoms with E-state index in [0.717, 1.165) is 17.1 Å². The minimum Gasteiger partial charge on any atom is -0.378 e. The summed E-state index contributed by atoms with van der Waals surface area (Å²) in [4.78, 5) is 7.66. The second-order valence-corrected chi connectivity index (χ2v) is 5.01. The van der Waals surface area contributed by atoms with E-state index in [4.69, 9.17) is 17.0 Å². The third kappa shape index (κ3) is 2.61. The molecule has 1 aromatic heterocycles. The molecule has 100 valence electrons. The average molecular weight is 282 g/mol. The van der Waals surface area contributed by atoms with Crippen molar-refractivity contribution in [1.29, 1.82) is 0 Å². The maximum absolute atomic E-state index is 5.21. The van der Waals surface area contributed by atoms with Gasteiger partial charge in [-0.15, -0.1) is 0 Å². The van der Waals surface area contributed by atoms with Gasteiger partial charge in [-0.3, -0.25) is 0 Å². The van der Waals surface area contributed by atoms with Crippen molar-refractivity contribution in [3.05, 3.63) is 58.9 Å². The number of methoxy groups -OCH3 is 1. The molecule has 0 aliphatic rings. The highest BCUT2D eigenvalue weighted by Gasteiger charge is 2.03. The lowest BCUT2D eigenvalue weighted by Crippen LogP contribution is -1.97. The van der Waals surface area contributed by atoms with Crippen LogP contribution in [0.5, 0.6) is 0 Å². The first-order chi connectivity index (χ1) is 9.76. The highest BCUT2D eigenvalue weighted by molar-refractivity contribution is 7.71. The minimum absolute atomic E-state index is 0.493. The van der Waals surface area contributed by atoms with Crippen LogP contribution in [-0.4, -0.2) is 17.1 Å². The van der Waals surface area contributed by atoms with E-state index < -0.39 is 0 Å².